The van der Waals surface area contributed by atoms with Gasteiger partial charge in [0.15, 0.2) is 0 Å². The molecular weight excluding hydrogens is 392 g/mol. The highest BCUT2D eigenvalue weighted by Gasteiger charge is 2.10. The molecule has 0 bridgehead atoms. The average molecular weight is 408 g/mol. The summed E-state index contributed by atoms with van der Waals surface area (Å²) in [5.74, 6) is 1.37. The Bertz CT molecular complexity index is 1350. The van der Waals surface area contributed by atoms with Crippen molar-refractivity contribution in [3.05, 3.63) is 97.3 Å². The largest absolute Gasteiger partial charge is 0.439 e. The van der Waals surface area contributed by atoms with E-state index in [0.29, 0.717) is 28.7 Å². The lowest BCUT2D eigenvalue weighted by Crippen LogP contribution is -2.14. The molecule has 5 rings (SSSR count). The maximum absolute atomic E-state index is 12.5. The quantitative estimate of drug-likeness (QED) is 0.467. The minimum absolute atomic E-state index is 0.248. The monoisotopic (exact) mass is 408 g/mol. The van der Waals surface area contributed by atoms with Gasteiger partial charge in [0, 0.05) is 24.1 Å². The van der Waals surface area contributed by atoms with Gasteiger partial charge >= 0.3 is 0 Å². The van der Waals surface area contributed by atoms with Crippen LogP contribution in [0.5, 0.6) is 11.6 Å². The van der Waals surface area contributed by atoms with Gasteiger partial charge in [0.2, 0.25) is 5.88 Å². The van der Waals surface area contributed by atoms with Crippen LogP contribution in [0.1, 0.15) is 10.5 Å². The number of benzene rings is 2. The summed E-state index contributed by atoms with van der Waals surface area (Å²) in [5, 5.41) is 2.82. The van der Waals surface area contributed by atoms with Crippen molar-refractivity contribution in [2.45, 2.75) is 0 Å². The molecule has 1 N–H and O–H groups in total. The molecule has 0 aliphatic rings. The van der Waals surface area contributed by atoms with Crippen molar-refractivity contribution in [1.82, 2.24) is 24.5 Å². The number of hydrogen-bond acceptors (Lipinski definition) is 6. The number of fused-ring (bicyclic) bond motifs is 1. The summed E-state index contributed by atoms with van der Waals surface area (Å²) in [6.07, 6.45) is 6.70. The minimum atomic E-state index is -0.334. The molecule has 3 aromatic heterocycles. The Labute approximate surface area is 177 Å². The van der Waals surface area contributed by atoms with E-state index in [1.807, 2.05) is 53.4 Å². The van der Waals surface area contributed by atoms with Gasteiger partial charge in [-0.2, -0.15) is 0 Å². The van der Waals surface area contributed by atoms with Crippen molar-refractivity contribution in [2.75, 3.05) is 5.32 Å². The maximum atomic E-state index is 12.5. The Balaban J connectivity index is 1.27. The average Bonchev–Trinajstić information content (AvgIpc) is 3.35. The topological polar surface area (TPSA) is 94.8 Å². The summed E-state index contributed by atoms with van der Waals surface area (Å²) >= 11 is 0. The fraction of sp³-hybridized carbons (Fsp3) is 0. The Kier molecular flexibility index (Phi) is 4.78. The van der Waals surface area contributed by atoms with Crippen molar-refractivity contribution < 1.29 is 9.53 Å². The smallest absolute Gasteiger partial charge is 0.275 e. The van der Waals surface area contributed by atoms with Crippen molar-refractivity contribution in [2.24, 2.45) is 0 Å². The highest BCUT2D eigenvalue weighted by Crippen LogP contribution is 2.22. The first-order valence-corrected chi connectivity index (χ1v) is 9.51. The van der Waals surface area contributed by atoms with Crippen LogP contribution >= 0.6 is 0 Å². The normalized spacial score (nSPS) is 10.7. The molecule has 0 saturated heterocycles. The van der Waals surface area contributed by atoms with E-state index in [1.54, 1.807) is 30.3 Å². The Hall–Kier alpha value is -4.59. The van der Waals surface area contributed by atoms with Crippen LogP contribution in [0.25, 0.3) is 16.9 Å². The molecule has 5 aromatic rings. The van der Waals surface area contributed by atoms with Crippen molar-refractivity contribution in [3.8, 4) is 17.4 Å². The number of para-hydroxylation sites is 2. The van der Waals surface area contributed by atoms with E-state index in [1.165, 1.54) is 12.5 Å². The second-order valence-electron chi connectivity index (χ2n) is 6.63. The fourth-order valence-electron chi connectivity index (χ4n) is 3.00. The molecule has 2 aromatic carbocycles. The maximum Gasteiger partial charge on any atom is 0.275 e. The predicted molar refractivity (Wildman–Crippen MR) is 115 cm³/mol. The second-order valence-corrected chi connectivity index (χ2v) is 6.63. The number of amides is 1. The lowest BCUT2D eigenvalue weighted by Gasteiger charge is -2.08. The van der Waals surface area contributed by atoms with Gasteiger partial charge in [-0.25, -0.2) is 15.0 Å². The summed E-state index contributed by atoms with van der Waals surface area (Å²) in [7, 11) is 0. The number of anilines is 1. The first-order valence-electron chi connectivity index (χ1n) is 9.51. The highest BCUT2D eigenvalue weighted by atomic mass is 16.5. The number of carbonyl (C=O) groups excluding carboxylic acids is 1. The van der Waals surface area contributed by atoms with Crippen LogP contribution < -0.4 is 10.1 Å². The molecule has 0 unspecified atom stereocenters. The molecular formula is C23H16N6O2. The van der Waals surface area contributed by atoms with E-state index in [2.05, 4.69) is 25.3 Å². The van der Waals surface area contributed by atoms with Gasteiger partial charge in [0.05, 0.1) is 17.2 Å². The minimum Gasteiger partial charge on any atom is -0.439 e. The van der Waals surface area contributed by atoms with Gasteiger partial charge < -0.3 is 14.6 Å². The SMILES string of the molecule is O=C(Nc1ccc(Oc2cc(-n3cccc3)ncn2)cc1)c1cnc2ccccc2n1. The number of rotatable bonds is 5. The van der Waals surface area contributed by atoms with Crippen molar-refractivity contribution in [3.63, 3.8) is 0 Å². The van der Waals surface area contributed by atoms with Gasteiger partial charge in [0.25, 0.3) is 5.91 Å². The molecule has 0 aliphatic heterocycles. The van der Waals surface area contributed by atoms with Crippen LogP contribution in [0.15, 0.2) is 91.6 Å². The summed E-state index contributed by atoms with van der Waals surface area (Å²) < 4.78 is 7.67. The third-order valence-electron chi connectivity index (χ3n) is 4.51. The number of hydrogen-bond donors (Lipinski definition) is 1. The van der Waals surface area contributed by atoms with Crippen LogP contribution in [0.2, 0.25) is 0 Å². The lowest BCUT2D eigenvalue weighted by atomic mass is 10.2. The van der Waals surface area contributed by atoms with Crippen LogP contribution in [0.3, 0.4) is 0 Å². The zero-order valence-corrected chi connectivity index (χ0v) is 16.2. The first kappa shape index (κ1) is 18.4. The van der Waals surface area contributed by atoms with E-state index in [9.17, 15) is 4.79 Å². The predicted octanol–water partition coefficient (Wildman–Crippen LogP) is 4.26. The van der Waals surface area contributed by atoms with Gasteiger partial charge in [0.1, 0.15) is 23.6 Å². The molecule has 31 heavy (non-hydrogen) atoms. The number of nitrogens with one attached hydrogen (secondary N) is 1. The van der Waals surface area contributed by atoms with Gasteiger partial charge in [-0.05, 0) is 48.5 Å². The van der Waals surface area contributed by atoms with E-state index in [4.69, 9.17) is 4.74 Å². The highest BCUT2D eigenvalue weighted by molar-refractivity contribution is 6.03. The van der Waals surface area contributed by atoms with Gasteiger partial charge in [-0.3, -0.25) is 9.78 Å². The summed E-state index contributed by atoms with van der Waals surface area (Å²) in [5.41, 5.74) is 2.27. The molecule has 0 radical (unpaired) electrons. The summed E-state index contributed by atoms with van der Waals surface area (Å²) in [6, 6.07) is 20.0. The summed E-state index contributed by atoms with van der Waals surface area (Å²) in [4.78, 5) is 29.5. The Morgan fingerprint density at radius 2 is 1.65 bits per heavy atom. The standard InChI is InChI=1S/C23H16N6O2/c30-23(20-14-24-18-5-1-2-6-19(18)28-20)27-16-7-9-17(10-8-16)31-22-13-21(25-15-26-22)29-11-3-4-12-29/h1-15H,(H,27,30). The molecule has 8 nitrogen and oxygen atoms in total. The van der Waals surface area contributed by atoms with E-state index >= 15 is 0 Å². The van der Waals surface area contributed by atoms with E-state index in [0.717, 1.165) is 5.52 Å². The first-order chi connectivity index (χ1) is 15.2. The summed E-state index contributed by atoms with van der Waals surface area (Å²) in [6.45, 7) is 0. The number of carbonyl (C=O) groups is 1. The third kappa shape index (κ3) is 4.08. The number of aromatic nitrogens is 5. The van der Waals surface area contributed by atoms with Crippen LogP contribution in [-0.4, -0.2) is 30.4 Å². The Morgan fingerprint density at radius 3 is 2.45 bits per heavy atom. The van der Waals surface area contributed by atoms with Crippen LogP contribution in [0.4, 0.5) is 5.69 Å². The molecule has 3 heterocycles. The zero-order chi connectivity index (χ0) is 21.0. The number of ether oxygens (including phenoxy) is 1. The fourth-order valence-corrected chi connectivity index (χ4v) is 3.00. The number of nitrogens with zero attached hydrogens (tertiary/aromatic N) is 5. The van der Waals surface area contributed by atoms with Crippen LogP contribution in [0, 0.1) is 0 Å². The zero-order valence-electron chi connectivity index (χ0n) is 16.2. The molecule has 0 spiro atoms. The molecule has 1 amide bonds. The molecule has 0 saturated carbocycles. The van der Waals surface area contributed by atoms with Crippen molar-refractivity contribution in [1.29, 1.82) is 0 Å². The van der Waals surface area contributed by atoms with Gasteiger partial charge in [-0.1, -0.05) is 12.1 Å². The lowest BCUT2D eigenvalue weighted by molar-refractivity contribution is 0.102. The second kappa shape index (κ2) is 8.03. The Morgan fingerprint density at radius 1 is 0.871 bits per heavy atom. The van der Waals surface area contributed by atoms with Crippen LogP contribution in [-0.2, 0) is 0 Å². The molecule has 0 atom stereocenters. The van der Waals surface area contributed by atoms with E-state index in [-0.39, 0.29) is 11.6 Å². The van der Waals surface area contributed by atoms with Crippen molar-refractivity contribution >= 4 is 22.6 Å². The molecule has 0 aliphatic carbocycles. The molecule has 8 heteroatoms. The molecule has 150 valence electrons. The van der Waals surface area contributed by atoms with E-state index < -0.39 is 0 Å². The van der Waals surface area contributed by atoms with Gasteiger partial charge in [-0.15, -0.1) is 0 Å². The molecule has 0 fully saturated rings. The third-order valence-corrected chi connectivity index (χ3v) is 4.51.